The molecule has 0 saturated heterocycles. The fourth-order valence-electron chi connectivity index (χ4n) is 5.18. The predicted molar refractivity (Wildman–Crippen MR) is 239 cm³/mol. The van der Waals surface area contributed by atoms with Gasteiger partial charge in [0.2, 0.25) is 0 Å². The van der Waals surface area contributed by atoms with Gasteiger partial charge in [-0.1, -0.05) is 166 Å². The molecule has 0 aromatic rings. The van der Waals surface area contributed by atoms with Gasteiger partial charge in [-0.15, -0.1) is 0 Å². The number of carbonyl (C=O) groups excluding carboxylic acids is 2. The Morgan fingerprint density at radius 3 is 1.36 bits per heavy atom. The number of ether oxygens (including phenoxy) is 2. The van der Waals surface area contributed by atoms with Gasteiger partial charge in [0.1, 0.15) is 43.2 Å². The molecule has 0 aromatic heterocycles. The second kappa shape index (κ2) is 35.3. The summed E-state index contributed by atoms with van der Waals surface area (Å²) in [6, 6.07) is 0. The van der Waals surface area contributed by atoms with E-state index in [0.717, 1.165) is 32.1 Å². The van der Waals surface area contributed by atoms with Gasteiger partial charge in [0.25, 0.3) is 0 Å². The summed E-state index contributed by atoms with van der Waals surface area (Å²) >= 11 is 0. The van der Waals surface area contributed by atoms with Gasteiger partial charge in [-0.3, -0.25) is 18.6 Å². The highest BCUT2D eigenvalue weighted by Crippen LogP contribution is 2.47. The van der Waals surface area contributed by atoms with Gasteiger partial charge in [0, 0.05) is 12.8 Å². The third-order valence-corrected chi connectivity index (χ3v) is 9.48. The SMILES string of the molecule is CC/C=C/C=C/C=C/C=C/C=C/C=C/C=C/CCCCCC(=O)OCC(COP(=O)(O)OC1C(O)C(O)C(O)[C@H](O)C1O)OC(=O)CCC/C=C/C=C/C=C/C=C/C=C/CC. The number of hydrogen-bond acceptors (Lipinski definition) is 12. The lowest BCUT2D eigenvalue weighted by Gasteiger charge is -2.41. The molecule has 338 valence electrons. The van der Waals surface area contributed by atoms with Gasteiger partial charge in [-0.25, -0.2) is 4.57 Å². The summed E-state index contributed by atoms with van der Waals surface area (Å²) in [6.07, 6.45) is 39.2. The number of esters is 2. The summed E-state index contributed by atoms with van der Waals surface area (Å²) in [4.78, 5) is 35.5. The van der Waals surface area contributed by atoms with Crippen molar-refractivity contribution in [1.82, 2.24) is 0 Å². The Kier molecular flexibility index (Phi) is 31.7. The monoisotopic (exact) mass is 870 g/mol. The lowest BCUT2D eigenvalue weighted by Crippen LogP contribution is -2.64. The quantitative estimate of drug-likeness (QED) is 0.0181. The van der Waals surface area contributed by atoms with E-state index in [9.17, 15) is 44.6 Å². The minimum absolute atomic E-state index is 0.0214. The van der Waals surface area contributed by atoms with E-state index < -0.39 is 75.7 Å². The second-order valence-electron chi connectivity index (χ2n) is 13.7. The molecule has 0 amide bonds. The van der Waals surface area contributed by atoms with Crippen molar-refractivity contribution in [2.24, 2.45) is 0 Å². The minimum atomic E-state index is -5.16. The smallest absolute Gasteiger partial charge is 0.462 e. The Hall–Kier alpha value is -4.27. The van der Waals surface area contributed by atoms with Crippen LogP contribution in [-0.4, -0.2) is 98.3 Å². The van der Waals surface area contributed by atoms with Gasteiger partial charge >= 0.3 is 19.8 Å². The zero-order chi connectivity index (χ0) is 45.0. The second-order valence-corrected chi connectivity index (χ2v) is 15.1. The molecular formula is C47H67O13P. The number of unbranched alkanes of at least 4 members (excludes halogenated alkanes) is 4. The molecule has 13 nitrogen and oxygen atoms in total. The van der Waals surface area contributed by atoms with Crippen LogP contribution in [0.4, 0.5) is 0 Å². The van der Waals surface area contributed by atoms with Crippen LogP contribution in [0.15, 0.2) is 146 Å². The van der Waals surface area contributed by atoms with Crippen LogP contribution in [0.5, 0.6) is 0 Å². The first-order chi connectivity index (χ1) is 29.4. The lowest BCUT2D eigenvalue weighted by molar-refractivity contribution is -0.220. The van der Waals surface area contributed by atoms with Crippen molar-refractivity contribution in [2.45, 2.75) is 121 Å². The molecular weight excluding hydrogens is 803 g/mol. The van der Waals surface area contributed by atoms with Crippen molar-refractivity contribution < 1.29 is 63.1 Å². The van der Waals surface area contributed by atoms with Crippen molar-refractivity contribution >= 4 is 19.8 Å². The Labute approximate surface area is 361 Å². The predicted octanol–water partition coefficient (Wildman–Crippen LogP) is 7.38. The molecule has 7 unspecified atom stereocenters. The standard InChI is InChI=1S/C47H67O13P/c1-3-5-7-9-11-13-15-17-18-19-20-21-22-24-25-27-29-31-33-35-40(48)57-37-39(38-58-61(55,56)60-47-45(53)43(51)42(50)44(52)46(47)54)59-41(49)36-34-32-30-28-26-23-16-14-12-10-8-6-4-2/h5-26,28,30,39,42-47,50-54H,3-4,27,29,31-38H2,1-2H3,(H,55,56)/b7-5+,8-6+,11-9+,12-10+,15-13+,16-14+,18-17+,20-19+,22-21+,25-24+,26-23+,30-28+/t39?,42?,43-,44?,45?,46?,47?/m0/s1. The topological polar surface area (TPSA) is 210 Å². The van der Waals surface area contributed by atoms with E-state index in [0.29, 0.717) is 19.3 Å². The maximum absolute atomic E-state index is 12.8. The highest BCUT2D eigenvalue weighted by molar-refractivity contribution is 7.47. The first-order valence-electron chi connectivity index (χ1n) is 20.8. The molecule has 1 aliphatic rings. The van der Waals surface area contributed by atoms with Gasteiger partial charge in [0.15, 0.2) is 6.10 Å². The van der Waals surface area contributed by atoms with Crippen LogP contribution in [0.1, 0.15) is 78.1 Å². The molecule has 0 bridgehead atoms. The minimum Gasteiger partial charge on any atom is -0.462 e. The van der Waals surface area contributed by atoms with Gasteiger partial charge in [0.05, 0.1) is 6.61 Å². The lowest BCUT2D eigenvalue weighted by atomic mass is 9.85. The molecule has 0 aliphatic heterocycles. The van der Waals surface area contributed by atoms with Crippen molar-refractivity contribution in [2.75, 3.05) is 13.2 Å². The number of phosphoric ester groups is 1. The Bertz CT molecular complexity index is 1620. The summed E-state index contributed by atoms with van der Waals surface area (Å²) < 4.78 is 33.3. The average molecular weight is 871 g/mol. The first kappa shape index (κ1) is 54.7. The van der Waals surface area contributed by atoms with E-state index in [1.165, 1.54) is 0 Å². The van der Waals surface area contributed by atoms with E-state index in [2.05, 4.69) is 19.9 Å². The highest BCUT2D eigenvalue weighted by atomic mass is 31.2. The normalized spacial score (nSPS) is 23.5. The molecule has 8 atom stereocenters. The summed E-state index contributed by atoms with van der Waals surface area (Å²) in [6.45, 7) is 2.86. The van der Waals surface area contributed by atoms with Crippen LogP contribution < -0.4 is 0 Å². The summed E-state index contributed by atoms with van der Waals surface area (Å²) in [7, 11) is -5.16. The Morgan fingerprint density at radius 2 is 0.902 bits per heavy atom. The van der Waals surface area contributed by atoms with Crippen LogP contribution >= 0.6 is 7.82 Å². The zero-order valence-corrected chi connectivity index (χ0v) is 36.3. The van der Waals surface area contributed by atoms with Crippen molar-refractivity contribution in [3.63, 3.8) is 0 Å². The Balaban J connectivity index is 2.61. The number of carbonyl (C=O) groups is 2. The third kappa shape index (κ3) is 28.1. The molecule has 0 spiro atoms. The number of hydrogen-bond donors (Lipinski definition) is 6. The molecule has 0 radical (unpaired) electrons. The first-order valence-corrected chi connectivity index (χ1v) is 22.3. The van der Waals surface area contributed by atoms with E-state index >= 15 is 0 Å². The van der Waals surface area contributed by atoms with Crippen molar-refractivity contribution in [1.29, 1.82) is 0 Å². The summed E-state index contributed by atoms with van der Waals surface area (Å²) in [5.74, 6) is -1.26. The van der Waals surface area contributed by atoms with Crippen LogP contribution in [-0.2, 0) is 32.7 Å². The molecule has 14 heteroatoms. The third-order valence-electron chi connectivity index (χ3n) is 8.50. The maximum Gasteiger partial charge on any atom is 0.472 e. The van der Waals surface area contributed by atoms with Crippen LogP contribution in [0, 0.1) is 0 Å². The van der Waals surface area contributed by atoms with Crippen LogP contribution in [0.25, 0.3) is 0 Å². The van der Waals surface area contributed by atoms with Gasteiger partial charge < -0.3 is 39.9 Å². The molecule has 0 heterocycles. The van der Waals surface area contributed by atoms with Crippen molar-refractivity contribution in [3.8, 4) is 0 Å². The van der Waals surface area contributed by atoms with Crippen molar-refractivity contribution in [3.05, 3.63) is 146 Å². The molecule has 61 heavy (non-hydrogen) atoms. The Morgan fingerprint density at radius 1 is 0.508 bits per heavy atom. The largest absolute Gasteiger partial charge is 0.472 e. The maximum atomic E-state index is 12.8. The number of rotatable bonds is 30. The molecule has 6 N–H and O–H groups in total. The fourth-order valence-corrected chi connectivity index (χ4v) is 6.15. The van der Waals surface area contributed by atoms with Crippen LogP contribution in [0.2, 0.25) is 0 Å². The summed E-state index contributed by atoms with van der Waals surface area (Å²) in [5, 5.41) is 50.0. The zero-order valence-electron chi connectivity index (χ0n) is 35.4. The van der Waals surface area contributed by atoms with E-state index in [4.69, 9.17) is 18.5 Å². The molecule has 1 fully saturated rings. The number of phosphoric acid groups is 1. The number of aliphatic hydroxyl groups is 5. The van der Waals surface area contributed by atoms with Gasteiger partial charge in [-0.2, -0.15) is 0 Å². The van der Waals surface area contributed by atoms with Crippen LogP contribution in [0.3, 0.4) is 0 Å². The number of allylic oxidation sites excluding steroid dienone is 24. The van der Waals surface area contributed by atoms with Gasteiger partial charge in [-0.05, 0) is 44.9 Å². The average Bonchev–Trinajstić information content (AvgIpc) is 3.24. The molecule has 1 aliphatic carbocycles. The van der Waals surface area contributed by atoms with E-state index in [1.807, 2.05) is 140 Å². The summed E-state index contributed by atoms with van der Waals surface area (Å²) in [5.41, 5.74) is 0. The van der Waals surface area contributed by atoms with E-state index in [-0.39, 0.29) is 12.8 Å². The molecule has 1 rings (SSSR count). The molecule has 0 aromatic carbocycles. The van der Waals surface area contributed by atoms with E-state index in [1.54, 1.807) is 0 Å². The fraction of sp³-hybridized carbons (Fsp3) is 0.447. The number of aliphatic hydroxyl groups excluding tert-OH is 5. The molecule has 1 saturated carbocycles. The highest BCUT2D eigenvalue weighted by Gasteiger charge is 2.51.